The van der Waals surface area contributed by atoms with Gasteiger partial charge >= 0.3 is 5.97 Å². The molecule has 3 saturated carbocycles. The first-order chi connectivity index (χ1) is 9.24. The zero-order valence-corrected chi connectivity index (χ0v) is 11.5. The van der Waals surface area contributed by atoms with Gasteiger partial charge in [0.1, 0.15) is 5.82 Å². The standard InChI is InChI=1S/C13H17N3O2S/c17-12(18)9-5-6-10(9)19-13-15-14-11(7-1-2-7)16(13)8-3-4-8/h7-10H,1-6H2,(H,17,18). The fourth-order valence-corrected chi connectivity index (χ4v) is 4.08. The third kappa shape index (κ3) is 2.06. The Morgan fingerprint density at radius 1 is 1.16 bits per heavy atom. The van der Waals surface area contributed by atoms with Crippen molar-refractivity contribution in [2.75, 3.05) is 0 Å². The van der Waals surface area contributed by atoms with Crippen LogP contribution in [-0.2, 0) is 4.79 Å². The molecule has 0 bridgehead atoms. The number of carboxylic acid groups (broad SMARTS) is 1. The van der Waals surface area contributed by atoms with Gasteiger partial charge in [-0.1, -0.05) is 11.8 Å². The van der Waals surface area contributed by atoms with E-state index in [1.807, 2.05) is 0 Å². The topological polar surface area (TPSA) is 68.0 Å². The molecule has 0 amide bonds. The van der Waals surface area contributed by atoms with Gasteiger partial charge in [0, 0.05) is 17.2 Å². The lowest BCUT2D eigenvalue weighted by atomic mass is 9.85. The molecule has 0 spiro atoms. The maximum Gasteiger partial charge on any atom is 0.307 e. The van der Waals surface area contributed by atoms with Crippen LogP contribution in [0.3, 0.4) is 0 Å². The Hall–Kier alpha value is -1.04. The summed E-state index contributed by atoms with van der Waals surface area (Å²) in [5.74, 6) is 0.901. The minimum Gasteiger partial charge on any atom is -0.481 e. The van der Waals surface area contributed by atoms with Crippen LogP contribution in [0.15, 0.2) is 5.16 Å². The van der Waals surface area contributed by atoms with Gasteiger partial charge in [-0.2, -0.15) is 0 Å². The minimum absolute atomic E-state index is 0.186. The molecule has 2 atom stereocenters. The first kappa shape index (κ1) is 11.8. The Bertz CT molecular complexity index is 522. The molecule has 0 radical (unpaired) electrons. The molecule has 3 aliphatic rings. The molecule has 3 aliphatic carbocycles. The Balaban J connectivity index is 1.56. The average Bonchev–Trinajstić information content (AvgIpc) is 3.22. The van der Waals surface area contributed by atoms with E-state index in [9.17, 15) is 4.79 Å². The van der Waals surface area contributed by atoms with Crippen LogP contribution in [0.1, 0.15) is 56.3 Å². The summed E-state index contributed by atoms with van der Waals surface area (Å²) in [7, 11) is 0. The molecule has 2 unspecified atom stereocenters. The fraction of sp³-hybridized carbons (Fsp3) is 0.769. The summed E-state index contributed by atoms with van der Waals surface area (Å²) in [6.07, 6.45) is 6.70. The second-order valence-electron chi connectivity index (χ2n) is 5.89. The van der Waals surface area contributed by atoms with Crippen LogP contribution in [0.4, 0.5) is 0 Å². The number of carboxylic acids is 1. The van der Waals surface area contributed by atoms with E-state index < -0.39 is 5.97 Å². The van der Waals surface area contributed by atoms with Gasteiger partial charge in [-0.25, -0.2) is 0 Å². The van der Waals surface area contributed by atoms with Gasteiger partial charge in [0.2, 0.25) is 0 Å². The molecule has 1 aromatic heterocycles. The lowest BCUT2D eigenvalue weighted by Crippen LogP contribution is -2.35. The molecule has 19 heavy (non-hydrogen) atoms. The first-order valence-corrected chi connectivity index (χ1v) is 7.96. The second-order valence-corrected chi connectivity index (χ2v) is 7.10. The van der Waals surface area contributed by atoms with Crippen molar-refractivity contribution < 1.29 is 9.90 Å². The van der Waals surface area contributed by atoms with Crippen molar-refractivity contribution in [1.29, 1.82) is 0 Å². The summed E-state index contributed by atoms with van der Waals surface area (Å²) in [5.41, 5.74) is 0. The number of hydrogen-bond donors (Lipinski definition) is 1. The van der Waals surface area contributed by atoms with E-state index in [1.54, 1.807) is 11.8 Å². The summed E-state index contributed by atoms with van der Waals surface area (Å²) in [6.45, 7) is 0. The molecular formula is C13H17N3O2S. The van der Waals surface area contributed by atoms with E-state index in [-0.39, 0.29) is 11.2 Å². The predicted molar refractivity (Wildman–Crippen MR) is 70.3 cm³/mol. The van der Waals surface area contributed by atoms with Gasteiger partial charge in [-0.15, -0.1) is 10.2 Å². The highest BCUT2D eigenvalue weighted by molar-refractivity contribution is 7.99. The number of rotatable bonds is 5. The maximum atomic E-state index is 11.1. The minimum atomic E-state index is -0.663. The van der Waals surface area contributed by atoms with Crippen LogP contribution >= 0.6 is 11.8 Å². The SMILES string of the molecule is O=C(O)C1CCC1Sc1nnc(C2CC2)n1C1CC1. The highest BCUT2D eigenvalue weighted by Gasteiger charge is 2.41. The Morgan fingerprint density at radius 3 is 2.47 bits per heavy atom. The Morgan fingerprint density at radius 2 is 1.95 bits per heavy atom. The molecule has 1 heterocycles. The molecule has 3 fully saturated rings. The van der Waals surface area contributed by atoms with Gasteiger partial charge in [-0.3, -0.25) is 4.79 Å². The van der Waals surface area contributed by atoms with Crippen LogP contribution in [0.2, 0.25) is 0 Å². The zero-order valence-electron chi connectivity index (χ0n) is 10.7. The van der Waals surface area contributed by atoms with E-state index in [0.717, 1.165) is 23.8 Å². The molecule has 0 saturated heterocycles. The summed E-state index contributed by atoms with van der Waals surface area (Å²) in [6, 6.07) is 0.580. The molecule has 102 valence electrons. The molecule has 5 nitrogen and oxygen atoms in total. The van der Waals surface area contributed by atoms with Crippen LogP contribution < -0.4 is 0 Å². The second kappa shape index (κ2) is 4.23. The van der Waals surface area contributed by atoms with E-state index in [1.165, 1.54) is 25.7 Å². The summed E-state index contributed by atoms with van der Waals surface area (Å²) < 4.78 is 2.31. The molecule has 0 aliphatic heterocycles. The van der Waals surface area contributed by atoms with Crippen LogP contribution in [-0.4, -0.2) is 31.1 Å². The highest BCUT2D eigenvalue weighted by atomic mass is 32.2. The van der Waals surface area contributed by atoms with Crippen molar-refractivity contribution >= 4 is 17.7 Å². The van der Waals surface area contributed by atoms with E-state index in [0.29, 0.717) is 12.0 Å². The number of thioether (sulfide) groups is 1. The van der Waals surface area contributed by atoms with Crippen molar-refractivity contribution in [2.24, 2.45) is 5.92 Å². The molecule has 1 N–H and O–H groups in total. The molecular weight excluding hydrogens is 262 g/mol. The van der Waals surface area contributed by atoms with Crippen molar-refractivity contribution in [3.63, 3.8) is 0 Å². The molecule has 4 rings (SSSR count). The third-order valence-corrected chi connectivity index (χ3v) is 5.69. The van der Waals surface area contributed by atoms with E-state index >= 15 is 0 Å². The van der Waals surface area contributed by atoms with Crippen molar-refractivity contribution in [1.82, 2.24) is 14.8 Å². The van der Waals surface area contributed by atoms with Gasteiger partial charge in [0.25, 0.3) is 0 Å². The number of aliphatic carboxylic acids is 1. The van der Waals surface area contributed by atoms with E-state index in [4.69, 9.17) is 5.11 Å². The maximum absolute atomic E-state index is 11.1. The smallest absolute Gasteiger partial charge is 0.307 e. The lowest BCUT2D eigenvalue weighted by molar-refractivity contribution is -0.144. The number of aromatic nitrogens is 3. The largest absolute Gasteiger partial charge is 0.481 e. The highest BCUT2D eigenvalue weighted by Crippen LogP contribution is 2.48. The fourth-order valence-electron chi connectivity index (χ4n) is 2.69. The Labute approximate surface area is 115 Å². The van der Waals surface area contributed by atoms with E-state index in [2.05, 4.69) is 14.8 Å². The van der Waals surface area contributed by atoms with Gasteiger partial charge in [0.15, 0.2) is 5.16 Å². The van der Waals surface area contributed by atoms with Crippen molar-refractivity contribution in [2.45, 2.75) is 60.9 Å². The summed E-state index contributed by atoms with van der Waals surface area (Å²) in [5, 5.41) is 19.0. The number of carbonyl (C=O) groups is 1. The van der Waals surface area contributed by atoms with Gasteiger partial charge in [0.05, 0.1) is 5.92 Å². The van der Waals surface area contributed by atoms with Crippen molar-refractivity contribution in [3.8, 4) is 0 Å². The average molecular weight is 279 g/mol. The first-order valence-electron chi connectivity index (χ1n) is 7.08. The van der Waals surface area contributed by atoms with Gasteiger partial charge in [-0.05, 0) is 38.5 Å². The monoisotopic (exact) mass is 279 g/mol. The molecule has 0 aromatic carbocycles. The van der Waals surface area contributed by atoms with Crippen LogP contribution in [0.25, 0.3) is 0 Å². The third-order valence-electron chi connectivity index (χ3n) is 4.33. The van der Waals surface area contributed by atoms with Crippen LogP contribution in [0, 0.1) is 5.92 Å². The zero-order chi connectivity index (χ0) is 13.0. The summed E-state index contributed by atoms with van der Waals surface area (Å²) >= 11 is 1.64. The van der Waals surface area contributed by atoms with Crippen LogP contribution in [0.5, 0.6) is 0 Å². The molecule has 6 heteroatoms. The van der Waals surface area contributed by atoms with Crippen molar-refractivity contribution in [3.05, 3.63) is 5.82 Å². The number of hydrogen-bond acceptors (Lipinski definition) is 4. The number of nitrogens with zero attached hydrogens (tertiary/aromatic N) is 3. The molecule has 1 aromatic rings. The predicted octanol–water partition coefficient (Wildman–Crippen LogP) is 2.45. The van der Waals surface area contributed by atoms with Gasteiger partial charge < -0.3 is 9.67 Å². The quantitative estimate of drug-likeness (QED) is 0.896. The summed E-state index contributed by atoms with van der Waals surface area (Å²) in [4.78, 5) is 11.1. The lowest BCUT2D eigenvalue weighted by Gasteiger charge is -2.32. The normalized spacial score (nSPS) is 30.1. The Kier molecular flexibility index (Phi) is 2.62.